The van der Waals surface area contributed by atoms with Gasteiger partial charge >= 0.3 is 14.9 Å². The molecule has 8 nitrogen and oxygen atoms in total. The SMILES string of the molecule is CCO[Si](CCCNC(=O)O[C@H]1CNC(C(O)(c2ccccc2)c2ccccc2)C1)(OCC)OCC. The van der Waals surface area contributed by atoms with Gasteiger partial charge in [-0.3, -0.25) is 0 Å². The van der Waals surface area contributed by atoms with E-state index in [0.717, 1.165) is 11.1 Å². The Labute approximate surface area is 215 Å². The van der Waals surface area contributed by atoms with Crippen LogP contribution in [0.15, 0.2) is 60.7 Å². The number of rotatable bonds is 14. The number of ether oxygens (including phenoxy) is 1. The molecule has 0 spiro atoms. The second-order valence-corrected chi connectivity index (χ2v) is 11.5. The number of aliphatic hydroxyl groups is 1. The van der Waals surface area contributed by atoms with Gasteiger partial charge in [-0.1, -0.05) is 60.7 Å². The van der Waals surface area contributed by atoms with Crippen molar-refractivity contribution in [2.75, 3.05) is 32.9 Å². The molecule has 2 atom stereocenters. The average molecular weight is 517 g/mol. The molecule has 1 aliphatic rings. The number of carbonyl (C=O) groups is 1. The maximum absolute atomic E-state index is 12.5. The zero-order chi connectivity index (χ0) is 25.9. The van der Waals surface area contributed by atoms with Crippen LogP contribution in [0.4, 0.5) is 4.79 Å². The fourth-order valence-corrected chi connectivity index (χ4v) is 7.37. The zero-order valence-corrected chi connectivity index (χ0v) is 22.6. The maximum Gasteiger partial charge on any atom is 0.500 e. The normalized spacial score (nSPS) is 18.2. The summed E-state index contributed by atoms with van der Waals surface area (Å²) in [5, 5.41) is 18.1. The molecule has 1 unspecified atom stereocenters. The van der Waals surface area contributed by atoms with E-state index >= 15 is 0 Å². The third-order valence-corrected chi connectivity index (χ3v) is 9.47. The van der Waals surface area contributed by atoms with Crippen LogP contribution in [0.1, 0.15) is 44.7 Å². The maximum atomic E-state index is 12.5. The van der Waals surface area contributed by atoms with E-state index in [0.29, 0.717) is 51.8 Å². The Morgan fingerprint density at radius 3 is 2.00 bits per heavy atom. The molecule has 0 saturated carbocycles. The van der Waals surface area contributed by atoms with E-state index in [9.17, 15) is 9.90 Å². The monoisotopic (exact) mass is 516 g/mol. The molecule has 1 saturated heterocycles. The lowest BCUT2D eigenvalue weighted by Crippen LogP contribution is -2.46. The van der Waals surface area contributed by atoms with E-state index in [1.54, 1.807) is 0 Å². The third-order valence-electron chi connectivity index (χ3n) is 6.32. The summed E-state index contributed by atoms with van der Waals surface area (Å²) >= 11 is 0. The number of benzene rings is 2. The molecule has 1 aliphatic heterocycles. The average Bonchev–Trinajstić information content (AvgIpc) is 3.36. The van der Waals surface area contributed by atoms with Gasteiger partial charge in [0, 0.05) is 51.4 Å². The minimum atomic E-state index is -2.73. The molecule has 1 amide bonds. The van der Waals surface area contributed by atoms with Crippen molar-refractivity contribution in [2.45, 2.75) is 57.4 Å². The summed E-state index contributed by atoms with van der Waals surface area (Å²) in [4.78, 5) is 12.5. The van der Waals surface area contributed by atoms with Crippen LogP contribution in [0.25, 0.3) is 0 Å². The lowest BCUT2D eigenvalue weighted by Gasteiger charge is -2.35. The number of amides is 1. The van der Waals surface area contributed by atoms with Crippen molar-refractivity contribution < 1.29 is 27.9 Å². The molecular weight excluding hydrogens is 476 g/mol. The van der Waals surface area contributed by atoms with Crippen LogP contribution in [0.2, 0.25) is 6.04 Å². The number of alkyl carbamates (subject to hydrolysis) is 1. The molecule has 1 fully saturated rings. The highest BCUT2D eigenvalue weighted by molar-refractivity contribution is 6.60. The predicted octanol–water partition coefficient (Wildman–Crippen LogP) is 3.82. The van der Waals surface area contributed by atoms with Gasteiger partial charge < -0.3 is 33.8 Å². The minimum absolute atomic E-state index is 0.310. The van der Waals surface area contributed by atoms with Gasteiger partial charge in [0.25, 0.3) is 0 Å². The molecule has 36 heavy (non-hydrogen) atoms. The van der Waals surface area contributed by atoms with Crippen molar-refractivity contribution in [3.63, 3.8) is 0 Å². The van der Waals surface area contributed by atoms with Crippen LogP contribution in [0.5, 0.6) is 0 Å². The first-order valence-corrected chi connectivity index (χ1v) is 14.8. The molecule has 2 aromatic rings. The summed E-state index contributed by atoms with van der Waals surface area (Å²) in [6, 6.07) is 19.5. The van der Waals surface area contributed by atoms with Crippen molar-refractivity contribution in [3.8, 4) is 0 Å². The number of nitrogens with one attached hydrogen (secondary N) is 2. The molecule has 198 valence electrons. The van der Waals surface area contributed by atoms with Crippen molar-refractivity contribution in [1.29, 1.82) is 0 Å². The van der Waals surface area contributed by atoms with Gasteiger partial charge in [0.2, 0.25) is 0 Å². The fourth-order valence-electron chi connectivity index (χ4n) is 4.75. The molecule has 3 N–H and O–H groups in total. The molecule has 3 rings (SSSR count). The first kappa shape index (κ1) is 28.3. The van der Waals surface area contributed by atoms with Gasteiger partial charge in [0.15, 0.2) is 0 Å². The molecule has 0 radical (unpaired) electrons. The van der Waals surface area contributed by atoms with Crippen LogP contribution in [-0.2, 0) is 23.6 Å². The van der Waals surface area contributed by atoms with Gasteiger partial charge in [-0.05, 0) is 38.3 Å². The zero-order valence-electron chi connectivity index (χ0n) is 21.6. The molecule has 9 heteroatoms. The van der Waals surface area contributed by atoms with Gasteiger partial charge in [-0.15, -0.1) is 0 Å². The minimum Gasteiger partial charge on any atom is -0.445 e. The lowest BCUT2D eigenvalue weighted by molar-refractivity contribution is 0.0372. The Balaban J connectivity index is 1.54. The predicted molar refractivity (Wildman–Crippen MR) is 141 cm³/mol. The molecular formula is C27H40N2O6Si. The smallest absolute Gasteiger partial charge is 0.445 e. The van der Waals surface area contributed by atoms with Crippen molar-refractivity contribution in [3.05, 3.63) is 71.8 Å². The van der Waals surface area contributed by atoms with Crippen LogP contribution in [0, 0.1) is 0 Å². The Hall–Kier alpha value is -2.27. The summed E-state index contributed by atoms with van der Waals surface area (Å²) in [5.74, 6) is 0. The molecule has 0 aliphatic carbocycles. The summed E-state index contributed by atoms with van der Waals surface area (Å²) in [6.07, 6.45) is 0.330. The van der Waals surface area contributed by atoms with Gasteiger partial charge in [0.05, 0.1) is 0 Å². The quantitative estimate of drug-likeness (QED) is 0.259. The van der Waals surface area contributed by atoms with E-state index in [4.69, 9.17) is 18.0 Å². The van der Waals surface area contributed by atoms with Gasteiger partial charge in [0.1, 0.15) is 11.7 Å². The molecule has 2 aromatic carbocycles. The van der Waals surface area contributed by atoms with Crippen LogP contribution in [-0.4, -0.2) is 65.1 Å². The Kier molecular flexibility index (Phi) is 10.9. The van der Waals surface area contributed by atoms with Crippen LogP contribution >= 0.6 is 0 Å². The summed E-state index contributed by atoms with van der Waals surface area (Å²) in [6.45, 7) is 8.25. The van der Waals surface area contributed by atoms with Gasteiger partial charge in [-0.2, -0.15) is 0 Å². The van der Waals surface area contributed by atoms with E-state index in [2.05, 4.69) is 10.6 Å². The van der Waals surface area contributed by atoms with E-state index < -0.39 is 20.5 Å². The van der Waals surface area contributed by atoms with Crippen molar-refractivity contribution in [2.24, 2.45) is 0 Å². The summed E-state index contributed by atoms with van der Waals surface area (Å²) < 4.78 is 23.3. The van der Waals surface area contributed by atoms with Crippen molar-refractivity contribution >= 4 is 14.9 Å². The fraction of sp³-hybridized carbons (Fsp3) is 0.519. The highest BCUT2D eigenvalue weighted by Crippen LogP contribution is 2.37. The molecule has 0 bridgehead atoms. The second kappa shape index (κ2) is 13.9. The second-order valence-electron chi connectivity index (χ2n) is 8.73. The number of hydrogen-bond acceptors (Lipinski definition) is 7. The van der Waals surface area contributed by atoms with Crippen molar-refractivity contribution in [1.82, 2.24) is 10.6 Å². The van der Waals surface area contributed by atoms with Gasteiger partial charge in [-0.25, -0.2) is 4.79 Å². The first-order valence-electron chi connectivity index (χ1n) is 12.9. The molecule has 1 heterocycles. The number of hydrogen-bond donors (Lipinski definition) is 3. The largest absolute Gasteiger partial charge is 0.500 e. The third kappa shape index (κ3) is 7.15. The van der Waals surface area contributed by atoms with E-state index in [1.165, 1.54) is 0 Å². The highest BCUT2D eigenvalue weighted by atomic mass is 28.4. The standard InChI is InChI=1S/C27H40N2O6Si/c1-4-32-36(33-5-2,34-6-3)19-13-18-28-26(30)35-24-20-25(29-21-24)27(31,22-14-9-7-10-15-22)23-16-11-8-12-17-23/h7-12,14-17,24-25,29,31H,4-6,13,18-21H2,1-3H3,(H,28,30)/t24-,25?/m1/s1. The van der Waals surface area contributed by atoms with E-state index in [-0.39, 0.29) is 12.1 Å². The molecule has 0 aromatic heterocycles. The van der Waals surface area contributed by atoms with Crippen LogP contribution < -0.4 is 10.6 Å². The highest BCUT2D eigenvalue weighted by Gasteiger charge is 2.45. The lowest BCUT2D eigenvalue weighted by atomic mass is 9.79. The Morgan fingerprint density at radius 1 is 0.972 bits per heavy atom. The summed E-state index contributed by atoms with van der Waals surface area (Å²) in [5.41, 5.74) is 0.344. The van der Waals surface area contributed by atoms with E-state index in [1.807, 2.05) is 81.4 Å². The van der Waals surface area contributed by atoms with Crippen LogP contribution in [0.3, 0.4) is 0 Å². The first-order chi connectivity index (χ1) is 17.5. The number of carbonyl (C=O) groups excluding carboxylic acids is 1. The summed E-state index contributed by atoms with van der Waals surface area (Å²) in [7, 11) is -2.73. The Morgan fingerprint density at radius 2 is 1.50 bits per heavy atom. The Bertz CT molecular complexity index is 860. The topological polar surface area (TPSA) is 98.3 Å².